The van der Waals surface area contributed by atoms with Gasteiger partial charge in [-0.3, -0.25) is 5.32 Å². The molecule has 0 radical (unpaired) electrons. The van der Waals surface area contributed by atoms with Crippen LogP contribution in [0.3, 0.4) is 0 Å². The quantitative estimate of drug-likeness (QED) is 0.564. The van der Waals surface area contributed by atoms with Crippen molar-refractivity contribution in [2.24, 2.45) is 0 Å². The molecule has 54 valence electrons. The molecule has 0 atom stereocenters. The van der Waals surface area contributed by atoms with E-state index in [-0.39, 0.29) is 6.04 Å². The van der Waals surface area contributed by atoms with E-state index in [0.29, 0.717) is 12.8 Å². The van der Waals surface area contributed by atoms with Crippen LogP contribution < -0.4 is 5.32 Å². The summed E-state index contributed by atoms with van der Waals surface area (Å²) in [7, 11) is 0. The molecule has 0 aromatic carbocycles. The molecule has 0 spiro atoms. The molecule has 0 aromatic heterocycles. The zero-order valence-electron chi connectivity index (χ0n) is 6.08. The van der Waals surface area contributed by atoms with Gasteiger partial charge in [-0.1, -0.05) is 0 Å². The minimum Gasteiger partial charge on any atom is -0.283 e. The van der Waals surface area contributed by atoms with Crippen molar-refractivity contribution < 1.29 is 4.39 Å². The maximum absolute atomic E-state index is 13.0. The fraction of sp³-hybridized carbons (Fsp3) is 1.00. The van der Waals surface area contributed by atoms with Gasteiger partial charge >= 0.3 is 0 Å². The van der Waals surface area contributed by atoms with Gasteiger partial charge in [-0.15, -0.1) is 0 Å². The van der Waals surface area contributed by atoms with Crippen molar-refractivity contribution in [1.29, 1.82) is 0 Å². The topological polar surface area (TPSA) is 12.0 Å². The van der Waals surface area contributed by atoms with E-state index in [2.05, 4.69) is 5.32 Å². The highest BCUT2D eigenvalue weighted by atomic mass is 19.1. The summed E-state index contributed by atoms with van der Waals surface area (Å²) in [6.45, 7) is 3.94. The predicted octanol–water partition coefficient (Wildman–Crippen LogP) is 1.83. The Balaban J connectivity index is 2.24. The summed E-state index contributed by atoms with van der Waals surface area (Å²) in [4.78, 5) is 0. The average Bonchev–Trinajstić information content (AvgIpc) is 1.60. The highest BCUT2D eigenvalue weighted by Gasteiger charge is 2.36. The minimum absolute atomic E-state index is 0.273. The molecule has 9 heavy (non-hydrogen) atoms. The van der Waals surface area contributed by atoms with Crippen LogP contribution in [0.25, 0.3) is 0 Å². The molecule has 0 saturated heterocycles. The van der Waals surface area contributed by atoms with E-state index in [1.807, 2.05) is 13.8 Å². The number of hydrogen-bond acceptors (Lipinski definition) is 1. The van der Waals surface area contributed by atoms with Gasteiger partial charge in [0.05, 0.1) is 0 Å². The molecule has 1 saturated carbocycles. The van der Waals surface area contributed by atoms with E-state index in [1.54, 1.807) is 0 Å². The average molecular weight is 131 g/mol. The molecule has 0 unspecified atom stereocenters. The molecule has 1 nitrogen and oxygen atoms in total. The first-order chi connectivity index (χ1) is 4.12. The Bertz CT molecular complexity index is 97.1. The van der Waals surface area contributed by atoms with Gasteiger partial charge in [0.25, 0.3) is 0 Å². The maximum atomic E-state index is 13.0. The minimum atomic E-state index is -1.01. The smallest absolute Gasteiger partial charge is 0.161 e. The summed E-state index contributed by atoms with van der Waals surface area (Å²) in [5, 5.41) is 2.89. The first-order valence-electron chi connectivity index (χ1n) is 3.59. The molecule has 0 amide bonds. The van der Waals surface area contributed by atoms with Gasteiger partial charge in [0.2, 0.25) is 0 Å². The van der Waals surface area contributed by atoms with Crippen molar-refractivity contribution in [2.45, 2.75) is 44.9 Å². The Morgan fingerprint density at radius 2 is 2.00 bits per heavy atom. The SMILES string of the molecule is CC(C)NC1(F)CCC1. The van der Waals surface area contributed by atoms with Crippen LogP contribution in [-0.4, -0.2) is 11.8 Å². The highest BCUT2D eigenvalue weighted by Crippen LogP contribution is 2.33. The van der Waals surface area contributed by atoms with Crippen LogP contribution in [-0.2, 0) is 0 Å². The first-order valence-corrected chi connectivity index (χ1v) is 3.59. The molecule has 2 heteroatoms. The second kappa shape index (κ2) is 2.25. The fourth-order valence-electron chi connectivity index (χ4n) is 1.15. The van der Waals surface area contributed by atoms with E-state index < -0.39 is 5.79 Å². The van der Waals surface area contributed by atoms with E-state index in [0.717, 1.165) is 6.42 Å². The van der Waals surface area contributed by atoms with E-state index in [9.17, 15) is 4.39 Å². The largest absolute Gasteiger partial charge is 0.283 e. The van der Waals surface area contributed by atoms with Crippen molar-refractivity contribution in [2.75, 3.05) is 0 Å². The number of hydrogen-bond donors (Lipinski definition) is 1. The Hall–Kier alpha value is -0.110. The Morgan fingerprint density at radius 3 is 2.11 bits per heavy atom. The standard InChI is InChI=1S/C7H14FN/c1-6(2)9-7(8)4-3-5-7/h6,9H,3-5H2,1-2H3. The molecule has 0 aromatic rings. The van der Waals surface area contributed by atoms with Gasteiger partial charge in [-0.25, -0.2) is 4.39 Å². The zero-order chi connectivity index (χ0) is 6.91. The van der Waals surface area contributed by atoms with Crippen molar-refractivity contribution >= 4 is 0 Å². The van der Waals surface area contributed by atoms with Crippen LogP contribution in [0, 0.1) is 0 Å². The van der Waals surface area contributed by atoms with Crippen molar-refractivity contribution in [3.8, 4) is 0 Å². The molecule has 1 fully saturated rings. The lowest BCUT2D eigenvalue weighted by molar-refractivity contribution is 0.0172. The molecular weight excluding hydrogens is 117 g/mol. The predicted molar refractivity (Wildman–Crippen MR) is 36.0 cm³/mol. The van der Waals surface area contributed by atoms with Crippen molar-refractivity contribution in [1.82, 2.24) is 5.32 Å². The second-order valence-corrected chi connectivity index (χ2v) is 3.12. The third kappa shape index (κ3) is 1.65. The van der Waals surface area contributed by atoms with Gasteiger partial charge in [0, 0.05) is 6.04 Å². The van der Waals surface area contributed by atoms with Gasteiger partial charge in [-0.05, 0) is 33.1 Å². The molecule has 1 aliphatic rings. The summed E-state index contributed by atoms with van der Waals surface area (Å²) in [6.07, 6.45) is 2.44. The third-order valence-corrected chi connectivity index (χ3v) is 1.69. The Labute approximate surface area is 55.6 Å². The Kier molecular flexibility index (Phi) is 1.75. The number of nitrogens with one attached hydrogen (secondary N) is 1. The van der Waals surface area contributed by atoms with E-state index in [1.165, 1.54) is 0 Å². The third-order valence-electron chi connectivity index (χ3n) is 1.69. The lowest BCUT2D eigenvalue weighted by Crippen LogP contribution is -2.49. The Morgan fingerprint density at radius 1 is 1.44 bits per heavy atom. The van der Waals surface area contributed by atoms with Crippen LogP contribution in [0.1, 0.15) is 33.1 Å². The fourth-order valence-corrected chi connectivity index (χ4v) is 1.15. The monoisotopic (exact) mass is 131 g/mol. The summed E-state index contributed by atoms with van der Waals surface area (Å²) < 4.78 is 13.0. The summed E-state index contributed by atoms with van der Waals surface area (Å²) >= 11 is 0. The van der Waals surface area contributed by atoms with Crippen LogP contribution in [0.4, 0.5) is 4.39 Å². The number of halogens is 1. The summed E-state index contributed by atoms with van der Waals surface area (Å²) in [5.41, 5.74) is 0. The van der Waals surface area contributed by atoms with Crippen LogP contribution in [0.5, 0.6) is 0 Å². The van der Waals surface area contributed by atoms with Gasteiger partial charge < -0.3 is 0 Å². The first kappa shape index (κ1) is 7.00. The van der Waals surface area contributed by atoms with Gasteiger partial charge in [0.15, 0.2) is 5.79 Å². The number of alkyl halides is 1. The second-order valence-electron chi connectivity index (χ2n) is 3.12. The normalized spacial score (nSPS) is 24.0. The number of rotatable bonds is 2. The lowest BCUT2D eigenvalue weighted by atomic mass is 9.89. The lowest BCUT2D eigenvalue weighted by Gasteiger charge is -2.36. The summed E-state index contributed by atoms with van der Waals surface area (Å²) in [6, 6.07) is 0.273. The molecular formula is C7H14FN. The molecule has 0 heterocycles. The highest BCUT2D eigenvalue weighted by molar-refractivity contribution is 4.86. The van der Waals surface area contributed by atoms with Crippen LogP contribution in [0.2, 0.25) is 0 Å². The van der Waals surface area contributed by atoms with Crippen LogP contribution in [0.15, 0.2) is 0 Å². The van der Waals surface area contributed by atoms with Gasteiger partial charge in [-0.2, -0.15) is 0 Å². The molecule has 1 N–H and O–H groups in total. The van der Waals surface area contributed by atoms with Crippen molar-refractivity contribution in [3.63, 3.8) is 0 Å². The van der Waals surface area contributed by atoms with Crippen molar-refractivity contribution in [3.05, 3.63) is 0 Å². The maximum Gasteiger partial charge on any atom is 0.161 e. The van der Waals surface area contributed by atoms with Crippen LogP contribution >= 0.6 is 0 Å². The van der Waals surface area contributed by atoms with E-state index >= 15 is 0 Å². The van der Waals surface area contributed by atoms with Gasteiger partial charge in [0.1, 0.15) is 0 Å². The molecule has 0 bridgehead atoms. The zero-order valence-corrected chi connectivity index (χ0v) is 6.08. The molecule has 1 rings (SSSR count). The van der Waals surface area contributed by atoms with E-state index in [4.69, 9.17) is 0 Å². The molecule has 0 aliphatic heterocycles. The summed E-state index contributed by atoms with van der Waals surface area (Å²) in [5.74, 6) is -1.01. The molecule has 1 aliphatic carbocycles.